The van der Waals surface area contributed by atoms with E-state index >= 15 is 0 Å². The summed E-state index contributed by atoms with van der Waals surface area (Å²) >= 11 is 0. The van der Waals surface area contributed by atoms with Crippen LogP contribution in [-0.2, 0) is 10.2 Å². The van der Waals surface area contributed by atoms with Crippen molar-refractivity contribution in [1.29, 1.82) is 0 Å². The summed E-state index contributed by atoms with van der Waals surface area (Å²) in [6.07, 6.45) is 0. The lowest BCUT2D eigenvalue weighted by Crippen LogP contribution is -2.40. The Labute approximate surface area is 103 Å². The van der Waals surface area contributed by atoms with Crippen molar-refractivity contribution in [3.63, 3.8) is 0 Å². The minimum atomic E-state index is -3.72. The van der Waals surface area contributed by atoms with E-state index in [1.165, 1.54) is 0 Å². The fraction of sp³-hybridized carbons (Fsp3) is 0.500. The molecule has 0 fully saturated rings. The van der Waals surface area contributed by atoms with Crippen molar-refractivity contribution >= 4 is 10.2 Å². The molecule has 1 aromatic rings. The second-order valence-corrected chi connectivity index (χ2v) is 6.64. The van der Waals surface area contributed by atoms with Gasteiger partial charge >= 0.3 is 0 Å². The molecule has 1 atom stereocenters. The second kappa shape index (κ2) is 4.76. The summed E-state index contributed by atoms with van der Waals surface area (Å²) in [5.74, 6) is 0. The van der Waals surface area contributed by atoms with Gasteiger partial charge in [-0.2, -0.15) is 13.1 Å². The van der Waals surface area contributed by atoms with Gasteiger partial charge in [0.15, 0.2) is 0 Å². The lowest BCUT2D eigenvalue weighted by molar-refractivity contribution is 0.303. The van der Waals surface area contributed by atoms with Gasteiger partial charge < -0.3 is 0 Å². The van der Waals surface area contributed by atoms with Crippen LogP contribution in [0.25, 0.3) is 0 Å². The summed E-state index contributed by atoms with van der Waals surface area (Å²) in [5, 5.41) is 5.08. The zero-order valence-corrected chi connectivity index (χ0v) is 11.5. The van der Waals surface area contributed by atoms with Crippen LogP contribution in [0.2, 0.25) is 0 Å². The van der Waals surface area contributed by atoms with E-state index in [0.717, 1.165) is 11.1 Å². The van der Waals surface area contributed by atoms with E-state index < -0.39 is 10.2 Å². The third-order valence-electron chi connectivity index (χ3n) is 2.65. The quantitative estimate of drug-likeness (QED) is 0.866. The molecular weight excluding hydrogens is 236 g/mol. The smallest absolute Gasteiger partial charge is 0.216 e. The van der Waals surface area contributed by atoms with Crippen LogP contribution < -0.4 is 9.86 Å². The Bertz CT molecular complexity index is 489. The first-order valence-electron chi connectivity index (χ1n) is 5.47. The van der Waals surface area contributed by atoms with Crippen molar-refractivity contribution in [2.45, 2.75) is 33.7 Å². The molecule has 0 spiro atoms. The molecule has 0 heterocycles. The van der Waals surface area contributed by atoms with Gasteiger partial charge in [-0.3, -0.25) is 0 Å². The number of nitrogens with two attached hydrogens (primary N) is 1. The van der Waals surface area contributed by atoms with Gasteiger partial charge in [0.05, 0.1) is 6.04 Å². The van der Waals surface area contributed by atoms with E-state index in [-0.39, 0.29) is 11.5 Å². The number of hydrogen-bond acceptors (Lipinski definition) is 2. The maximum atomic E-state index is 11.2. The van der Waals surface area contributed by atoms with Gasteiger partial charge in [0.25, 0.3) is 10.2 Å². The molecule has 0 saturated heterocycles. The van der Waals surface area contributed by atoms with Crippen LogP contribution in [0.1, 0.15) is 37.9 Å². The highest BCUT2D eigenvalue weighted by Crippen LogP contribution is 2.34. The lowest BCUT2D eigenvalue weighted by atomic mass is 9.81. The van der Waals surface area contributed by atoms with Gasteiger partial charge in [0.1, 0.15) is 0 Å². The zero-order chi connectivity index (χ0) is 13.3. The summed E-state index contributed by atoms with van der Waals surface area (Å²) < 4.78 is 25.0. The van der Waals surface area contributed by atoms with Crippen molar-refractivity contribution in [2.24, 2.45) is 10.6 Å². The van der Waals surface area contributed by atoms with Crippen LogP contribution in [0.5, 0.6) is 0 Å². The van der Waals surface area contributed by atoms with Gasteiger partial charge in [-0.1, -0.05) is 45.0 Å². The number of rotatable bonds is 3. The minimum Gasteiger partial charge on any atom is -0.216 e. The van der Waals surface area contributed by atoms with Crippen LogP contribution >= 0.6 is 0 Å². The summed E-state index contributed by atoms with van der Waals surface area (Å²) in [6, 6.07) is 7.36. The van der Waals surface area contributed by atoms with Crippen LogP contribution in [0.3, 0.4) is 0 Å². The topological polar surface area (TPSA) is 72.2 Å². The van der Waals surface area contributed by atoms with Crippen LogP contribution in [-0.4, -0.2) is 8.42 Å². The van der Waals surface area contributed by atoms with E-state index in [4.69, 9.17) is 5.14 Å². The van der Waals surface area contributed by atoms with Crippen LogP contribution in [0.15, 0.2) is 24.3 Å². The summed E-state index contributed by atoms with van der Waals surface area (Å²) in [5.41, 5.74) is 1.75. The molecule has 1 rings (SSSR count). The first-order chi connectivity index (χ1) is 7.61. The molecule has 17 heavy (non-hydrogen) atoms. The standard InChI is InChI=1S/C12H20N2O2S/c1-9-7-5-6-8-10(9)11(12(2,3)4)14-17(13,15)16/h5-8,11,14H,1-4H3,(H2,13,15,16)/t11-/m0/s1. The molecule has 5 heteroatoms. The normalized spacial score (nSPS) is 14.6. The first-order valence-corrected chi connectivity index (χ1v) is 7.01. The van der Waals surface area contributed by atoms with Crippen molar-refractivity contribution in [3.8, 4) is 0 Å². The molecule has 0 aromatic heterocycles. The summed E-state index contributed by atoms with van der Waals surface area (Å²) in [4.78, 5) is 0. The largest absolute Gasteiger partial charge is 0.274 e. The number of hydrogen-bond donors (Lipinski definition) is 2. The Hall–Kier alpha value is -0.910. The molecule has 0 aliphatic heterocycles. The fourth-order valence-corrected chi connectivity index (χ4v) is 2.59. The van der Waals surface area contributed by atoms with Crippen LogP contribution in [0.4, 0.5) is 0 Å². The van der Waals surface area contributed by atoms with Crippen molar-refractivity contribution in [2.75, 3.05) is 0 Å². The number of benzene rings is 1. The Morgan fingerprint density at radius 2 is 1.76 bits per heavy atom. The van der Waals surface area contributed by atoms with Gasteiger partial charge in [0.2, 0.25) is 0 Å². The van der Waals surface area contributed by atoms with Gasteiger partial charge in [-0.15, -0.1) is 0 Å². The highest BCUT2D eigenvalue weighted by molar-refractivity contribution is 7.87. The first kappa shape index (κ1) is 14.2. The number of nitrogens with one attached hydrogen (secondary N) is 1. The summed E-state index contributed by atoms with van der Waals surface area (Å²) in [6.45, 7) is 7.88. The predicted molar refractivity (Wildman–Crippen MR) is 69.6 cm³/mol. The van der Waals surface area contributed by atoms with Crippen molar-refractivity contribution in [1.82, 2.24) is 4.72 Å². The Kier molecular flexibility index (Phi) is 3.96. The maximum Gasteiger partial charge on any atom is 0.274 e. The fourth-order valence-electron chi connectivity index (χ4n) is 1.78. The SMILES string of the molecule is Cc1ccccc1[C@H](NS(N)(=O)=O)C(C)(C)C. The molecule has 4 nitrogen and oxygen atoms in total. The molecule has 0 saturated carbocycles. The van der Waals surface area contributed by atoms with Crippen molar-refractivity contribution < 1.29 is 8.42 Å². The van der Waals surface area contributed by atoms with Crippen LogP contribution in [0, 0.1) is 12.3 Å². The highest BCUT2D eigenvalue weighted by Gasteiger charge is 2.29. The zero-order valence-electron chi connectivity index (χ0n) is 10.7. The van der Waals surface area contributed by atoms with Crippen molar-refractivity contribution in [3.05, 3.63) is 35.4 Å². The lowest BCUT2D eigenvalue weighted by Gasteiger charge is -2.32. The van der Waals surface area contributed by atoms with E-state index in [1.807, 2.05) is 52.0 Å². The molecule has 0 amide bonds. The van der Waals surface area contributed by atoms with E-state index in [0.29, 0.717) is 0 Å². The van der Waals surface area contributed by atoms with Gasteiger partial charge in [-0.25, -0.2) is 5.14 Å². The molecule has 0 unspecified atom stereocenters. The van der Waals surface area contributed by atoms with E-state index in [1.54, 1.807) is 0 Å². The molecular formula is C12H20N2O2S. The van der Waals surface area contributed by atoms with Gasteiger partial charge in [0, 0.05) is 0 Å². The molecule has 0 bridgehead atoms. The summed E-state index contributed by atoms with van der Waals surface area (Å²) in [7, 11) is -3.72. The molecule has 0 aliphatic rings. The third kappa shape index (κ3) is 4.11. The minimum absolute atomic E-state index is 0.251. The molecule has 1 aromatic carbocycles. The maximum absolute atomic E-state index is 11.2. The third-order valence-corrected chi connectivity index (χ3v) is 3.21. The average molecular weight is 256 g/mol. The Morgan fingerprint density at radius 3 is 2.18 bits per heavy atom. The molecule has 0 aliphatic carbocycles. The molecule has 96 valence electrons. The highest BCUT2D eigenvalue weighted by atomic mass is 32.2. The van der Waals surface area contributed by atoms with E-state index in [2.05, 4.69) is 4.72 Å². The van der Waals surface area contributed by atoms with E-state index in [9.17, 15) is 8.42 Å². The molecule has 3 N–H and O–H groups in total. The predicted octanol–water partition coefficient (Wildman–Crippen LogP) is 1.88. The Morgan fingerprint density at radius 1 is 1.24 bits per heavy atom. The molecule has 0 radical (unpaired) electrons. The van der Waals surface area contributed by atoms with Gasteiger partial charge in [-0.05, 0) is 23.5 Å². The monoisotopic (exact) mass is 256 g/mol. The Balaban J connectivity index is 3.22. The number of aryl methyl sites for hydroxylation is 1. The second-order valence-electron chi connectivity index (χ2n) is 5.32. The average Bonchev–Trinajstić information content (AvgIpc) is 2.12.